The minimum Gasteiger partial charge on any atom is -0.347 e. The Labute approximate surface area is 117 Å². The molecule has 1 N–H and O–H groups in total. The summed E-state index contributed by atoms with van der Waals surface area (Å²) in [5.74, 6) is -0.767. The highest BCUT2D eigenvalue weighted by atomic mass is 32.1. The molecule has 0 aliphatic carbocycles. The van der Waals surface area contributed by atoms with Crippen molar-refractivity contribution < 1.29 is 18.0 Å². The van der Waals surface area contributed by atoms with Crippen LogP contribution in [-0.2, 0) is 19.8 Å². The monoisotopic (exact) mass is 303 g/mol. The van der Waals surface area contributed by atoms with Crippen molar-refractivity contribution in [3.8, 4) is 0 Å². The lowest BCUT2D eigenvalue weighted by atomic mass is 10.1. The molecule has 0 aliphatic heterocycles. The second kappa shape index (κ2) is 5.28. The highest BCUT2D eigenvalue weighted by Gasteiger charge is 2.40. The first kappa shape index (κ1) is 14.6. The number of amides is 1. The Morgan fingerprint density at radius 1 is 1.50 bits per heavy atom. The molecule has 4 nitrogen and oxygen atoms in total. The molecule has 0 aromatic carbocycles. The summed E-state index contributed by atoms with van der Waals surface area (Å²) < 4.78 is 39.6. The van der Waals surface area contributed by atoms with Crippen molar-refractivity contribution in [1.82, 2.24) is 15.1 Å². The Kier molecular flexibility index (Phi) is 3.85. The molecule has 1 amide bonds. The number of halogens is 3. The van der Waals surface area contributed by atoms with Gasteiger partial charge < -0.3 is 5.32 Å². The van der Waals surface area contributed by atoms with Crippen molar-refractivity contribution in [2.24, 2.45) is 7.05 Å². The molecule has 0 aliphatic rings. The van der Waals surface area contributed by atoms with Gasteiger partial charge in [0.1, 0.15) is 0 Å². The molecule has 2 aromatic rings. The quantitative estimate of drug-likeness (QED) is 0.947. The maximum absolute atomic E-state index is 12.9. The lowest BCUT2D eigenvalue weighted by Crippen LogP contribution is -2.25. The van der Waals surface area contributed by atoms with E-state index in [1.54, 1.807) is 6.07 Å². The Balaban J connectivity index is 2.25. The van der Waals surface area contributed by atoms with Gasteiger partial charge >= 0.3 is 6.18 Å². The summed E-state index contributed by atoms with van der Waals surface area (Å²) >= 11 is 1.42. The van der Waals surface area contributed by atoms with Crippen molar-refractivity contribution in [1.29, 1.82) is 0 Å². The van der Waals surface area contributed by atoms with Crippen molar-refractivity contribution in [3.63, 3.8) is 0 Å². The van der Waals surface area contributed by atoms with Gasteiger partial charge in [0.15, 0.2) is 5.69 Å². The van der Waals surface area contributed by atoms with Crippen LogP contribution >= 0.6 is 11.3 Å². The molecule has 2 rings (SSSR count). The summed E-state index contributed by atoms with van der Waals surface area (Å²) in [6.07, 6.45) is -4.65. The van der Waals surface area contributed by atoms with Gasteiger partial charge in [-0.2, -0.15) is 18.3 Å². The van der Waals surface area contributed by atoms with Crippen LogP contribution < -0.4 is 5.32 Å². The molecule has 0 radical (unpaired) electrons. The lowest BCUT2D eigenvalue weighted by Gasteiger charge is -2.07. The first-order valence-corrected chi connectivity index (χ1v) is 6.60. The van der Waals surface area contributed by atoms with Crippen molar-refractivity contribution >= 4 is 17.2 Å². The second-order valence-electron chi connectivity index (χ2n) is 4.19. The van der Waals surface area contributed by atoms with Gasteiger partial charge in [-0.1, -0.05) is 6.07 Å². The maximum Gasteiger partial charge on any atom is 0.435 e. The van der Waals surface area contributed by atoms with Crippen LogP contribution in [0.2, 0.25) is 0 Å². The van der Waals surface area contributed by atoms with Crippen LogP contribution in [0.15, 0.2) is 17.5 Å². The number of carbonyl (C=O) groups excluding carboxylic acids is 1. The van der Waals surface area contributed by atoms with Crippen molar-refractivity contribution in [2.45, 2.75) is 19.6 Å². The van der Waals surface area contributed by atoms with Crippen LogP contribution in [0.1, 0.15) is 26.6 Å². The average Bonchev–Trinajstić information content (AvgIpc) is 2.95. The number of hydrogen-bond acceptors (Lipinski definition) is 3. The molecule has 0 saturated heterocycles. The molecule has 0 saturated carbocycles. The Morgan fingerprint density at radius 3 is 2.75 bits per heavy atom. The molecule has 0 fully saturated rings. The van der Waals surface area contributed by atoms with Crippen LogP contribution in [0.25, 0.3) is 0 Å². The van der Waals surface area contributed by atoms with Crippen LogP contribution in [0, 0.1) is 6.92 Å². The minimum absolute atomic E-state index is 0.181. The minimum atomic E-state index is -4.65. The largest absolute Gasteiger partial charge is 0.435 e. The molecular formula is C12H12F3N3OS. The van der Waals surface area contributed by atoms with Gasteiger partial charge in [0, 0.05) is 17.6 Å². The van der Waals surface area contributed by atoms with Gasteiger partial charge in [0.25, 0.3) is 5.91 Å². The van der Waals surface area contributed by atoms with Crippen LogP contribution in [0.5, 0.6) is 0 Å². The van der Waals surface area contributed by atoms with E-state index in [0.717, 1.165) is 9.56 Å². The number of rotatable bonds is 3. The number of thiophene rings is 1. The predicted octanol–water partition coefficient (Wildman–Crippen LogP) is 2.74. The summed E-state index contributed by atoms with van der Waals surface area (Å²) in [6.45, 7) is 1.63. The van der Waals surface area contributed by atoms with Gasteiger partial charge in [-0.3, -0.25) is 9.48 Å². The first-order valence-electron chi connectivity index (χ1n) is 5.72. The third-order valence-corrected chi connectivity index (χ3v) is 3.71. The number of aryl methyl sites for hydroxylation is 1. The van der Waals surface area contributed by atoms with Crippen LogP contribution in [0.3, 0.4) is 0 Å². The van der Waals surface area contributed by atoms with Crippen molar-refractivity contribution in [2.75, 3.05) is 0 Å². The molecule has 20 heavy (non-hydrogen) atoms. The molecular weight excluding hydrogens is 291 g/mol. The van der Waals surface area contributed by atoms with E-state index in [1.807, 2.05) is 11.4 Å². The molecule has 2 heterocycles. The molecule has 2 aromatic heterocycles. The Bertz CT molecular complexity index is 617. The SMILES string of the molecule is Cc1c(C(=O)NCc2cccs2)c(C(F)(F)F)nn1C. The Hall–Kier alpha value is -1.83. The summed E-state index contributed by atoms with van der Waals surface area (Å²) in [5.41, 5.74) is -1.39. The third-order valence-electron chi connectivity index (χ3n) is 2.83. The van der Waals surface area contributed by atoms with E-state index in [0.29, 0.717) is 0 Å². The summed E-state index contributed by atoms with van der Waals surface area (Å²) in [6, 6.07) is 3.61. The van der Waals surface area contributed by atoms with Gasteiger partial charge in [0.05, 0.1) is 12.1 Å². The zero-order valence-corrected chi connectivity index (χ0v) is 11.6. The third kappa shape index (κ3) is 2.84. The summed E-state index contributed by atoms with van der Waals surface area (Å²) in [7, 11) is 1.38. The first-order chi connectivity index (χ1) is 9.30. The fourth-order valence-electron chi connectivity index (χ4n) is 1.75. The van der Waals surface area contributed by atoms with Crippen LogP contribution in [-0.4, -0.2) is 15.7 Å². The van der Waals surface area contributed by atoms with E-state index in [9.17, 15) is 18.0 Å². The number of nitrogens with zero attached hydrogens (tertiary/aromatic N) is 2. The standard InChI is InChI=1S/C12H12F3N3OS/c1-7-9(10(12(13,14)15)17-18(7)2)11(19)16-6-8-4-3-5-20-8/h3-5H,6H2,1-2H3,(H,16,19). The smallest absolute Gasteiger partial charge is 0.347 e. The zero-order chi connectivity index (χ0) is 14.9. The van der Waals surface area contributed by atoms with Gasteiger partial charge in [0.2, 0.25) is 0 Å². The number of carbonyl (C=O) groups is 1. The zero-order valence-electron chi connectivity index (χ0n) is 10.8. The molecule has 8 heteroatoms. The normalized spacial score (nSPS) is 11.7. The predicted molar refractivity (Wildman–Crippen MR) is 68.4 cm³/mol. The molecule has 0 bridgehead atoms. The lowest BCUT2D eigenvalue weighted by molar-refractivity contribution is -0.141. The second-order valence-corrected chi connectivity index (χ2v) is 5.22. The van der Waals surface area contributed by atoms with E-state index in [2.05, 4.69) is 10.4 Å². The van der Waals surface area contributed by atoms with Gasteiger partial charge in [-0.25, -0.2) is 0 Å². The van der Waals surface area contributed by atoms with Crippen LogP contribution in [0.4, 0.5) is 13.2 Å². The highest BCUT2D eigenvalue weighted by Crippen LogP contribution is 2.32. The number of nitrogens with one attached hydrogen (secondary N) is 1. The molecule has 0 unspecified atom stereocenters. The average molecular weight is 303 g/mol. The highest BCUT2D eigenvalue weighted by molar-refractivity contribution is 7.09. The fourth-order valence-corrected chi connectivity index (χ4v) is 2.39. The topological polar surface area (TPSA) is 46.9 Å². The van der Waals surface area contributed by atoms with Crippen molar-refractivity contribution in [3.05, 3.63) is 39.3 Å². The molecule has 0 spiro atoms. The fraction of sp³-hybridized carbons (Fsp3) is 0.333. The maximum atomic E-state index is 12.9. The molecule has 0 atom stereocenters. The summed E-state index contributed by atoms with van der Waals surface area (Å²) in [4.78, 5) is 12.9. The van der Waals surface area contributed by atoms with E-state index < -0.39 is 23.3 Å². The van der Waals surface area contributed by atoms with Gasteiger partial charge in [-0.15, -0.1) is 11.3 Å². The number of hydrogen-bond donors (Lipinski definition) is 1. The van der Waals surface area contributed by atoms with E-state index in [-0.39, 0.29) is 12.2 Å². The molecule has 108 valence electrons. The van der Waals surface area contributed by atoms with E-state index in [4.69, 9.17) is 0 Å². The van der Waals surface area contributed by atoms with Gasteiger partial charge in [-0.05, 0) is 18.4 Å². The number of aromatic nitrogens is 2. The summed E-state index contributed by atoms with van der Waals surface area (Å²) in [5, 5.41) is 7.70. The number of alkyl halides is 3. The van der Waals surface area contributed by atoms with E-state index in [1.165, 1.54) is 25.3 Å². The Morgan fingerprint density at radius 2 is 2.20 bits per heavy atom. The van der Waals surface area contributed by atoms with E-state index >= 15 is 0 Å².